The maximum atomic E-state index is 13.2. The van der Waals surface area contributed by atoms with Gasteiger partial charge in [0.15, 0.2) is 0 Å². The highest BCUT2D eigenvalue weighted by atomic mass is 16.2. The summed E-state index contributed by atoms with van der Waals surface area (Å²) >= 11 is 0. The van der Waals surface area contributed by atoms with Crippen molar-refractivity contribution < 1.29 is 4.79 Å². The van der Waals surface area contributed by atoms with E-state index < -0.39 is 0 Å². The summed E-state index contributed by atoms with van der Waals surface area (Å²) in [4.78, 5) is 26.1. The lowest BCUT2D eigenvalue weighted by Crippen LogP contribution is -2.46. The van der Waals surface area contributed by atoms with E-state index >= 15 is 0 Å². The fraction of sp³-hybridized carbons (Fsp3) is 0.476. The quantitative estimate of drug-likeness (QED) is 0.832. The van der Waals surface area contributed by atoms with Crippen LogP contribution in [0.3, 0.4) is 0 Å². The molecule has 2 heterocycles. The van der Waals surface area contributed by atoms with Crippen molar-refractivity contribution in [3.05, 3.63) is 54.4 Å². The van der Waals surface area contributed by atoms with E-state index in [1.807, 2.05) is 24.1 Å². The van der Waals surface area contributed by atoms with Crippen LogP contribution >= 0.6 is 0 Å². The number of hydrogen-bond acceptors (Lipinski definition) is 4. The van der Waals surface area contributed by atoms with E-state index in [0.717, 1.165) is 44.8 Å². The molecule has 2 aromatic rings. The SMILES string of the molecule is CN(CCc1ccccc1)C(=O)C1CN(c2ncccn2)CC12CCC2. The summed E-state index contributed by atoms with van der Waals surface area (Å²) in [5, 5.41) is 0. The number of likely N-dealkylation sites (N-methyl/N-ethyl adjacent to an activating group) is 1. The van der Waals surface area contributed by atoms with E-state index in [-0.39, 0.29) is 17.2 Å². The molecule has 1 saturated heterocycles. The molecule has 0 N–H and O–H groups in total. The second-order valence-electron chi connectivity index (χ2n) is 7.69. The van der Waals surface area contributed by atoms with Gasteiger partial charge in [-0.25, -0.2) is 9.97 Å². The molecule has 5 nitrogen and oxygen atoms in total. The summed E-state index contributed by atoms with van der Waals surface area (Å²) in [7, 11) is 1.94. The molecule has 1 aromatic carbocycles. The van der Waals surface area contributed by atoms with Crippen LogP contribution in [0.4, 0.5) is 5.95 Å². The Hall–Kier alpha value is -2.43. The molecule has 1 atom stereocenters. The summed E-state index contributed by atoms with van der Waals surface area (Å²) < 4.78 is 0. The Kier molecular flexibility index (Phi) is 4.62. The average molecular weight is 350 g/mol. The van der Waals surface area contributed by atoms with Crippen LogP contribution in [0.25, 0.3) is 0 Å². The molecule has 2 fully saturated rings. The first-order valence-corrected chi connectivity index (χ1v) is 9.49. The lowest BCUT2D eigenvalue weighted by molar-refractivity contribution is -0.139. The molecule has 2 aliphatic rings. The van der Waals surface area contributed by atoms with E-state index in [1.165, 1.54) is 12.0 Å². The van der Waals surface area contributed by atoms with Crippen molar-refractivity contribution in [1.29, 1.82) is 0 Å². The smallest absolute Gasteiger partial charge is 0.227 e. The fourth-order valence-corrected chi connectivity index (χ4v) is 4.37. The third-order valence-electron chi connectivity index (χ3n) is 6.09. The van der Waals surface area contributed by atoms with Crippen molar-refractivity contribution in [3.63, 3.8) is 0 Å². The van der Waals surface area contributed by atoms with Gasteiger partial charge in [-0.3, -0.25) is 4.79 Å². The summed E-state index contributed by atoms with van der Waals surface area (Å²) in [5.74, 6) is 1.08. The molecule has 5 heteroatoms. The second-order valence-corrected chi connectivity index (χ2v) is 7.69. The van der Waals surface area contributed by atoms with Gasteiger partial charge in [0, 0.05) is 44.5 Å². The van der Waals surface area contributed by atoms with Gasteiger partial charge >= 0.3 is 0 Å². The van der Waals surface area contributed by atoms with Gasteiger partial charge in [0.1, 0.15) is 0 Å². The lowest BCUT2D eigenvalue weighted by atomic mass is 9.62. The van der Waals surface area contributed by atoms with Gasteiger partial charge in [-0.15, -0.1) is 0 Å². The van der Waals surface area contributed by atoms with Gasteiger partial charge in [0.05, 0.1) is 5.92 Å². The van der Waals surface area contributed by atoms with Crippen molar-refractivity contribution in [2.24, 2.45) is 11.3 Å². The van der Waals surface area contributed by atoms with Crippen molar-refractivity contribution in [2.45, 2.75) is 25.7 Å². The molecule has 1 amide bonds. The number of carbonyl (C=O) groups excluding carboxylic acids is 1. The first-order chi connectivity index (χ1) is 12.7. The van der Waals surface area contributed by atoms with E-state index in [2.05, 4.69) is 39.1 Å². The van der Waals surface area contributed by atoms with Gasteiger partial charge < -0.3 is 9.80 Å². The van der Waals surface area contributed by atoms with Crippen LogP contribution in [0.5, 0.6) is 0 Å². The average Bonchev–Trinajstić information content (AvgIpc) is 3.08. The number of amides is 1. The Balaban J connectivity index is 1.44. The molecule has 136 valence electrons. The molecular weight excluding hydrogens is 324 g/mol. The Morgan fingerprint density at radius 2 is 1.92 bits per heavy atom. The van der Waals surface area contributed by atoms with Crippen LogP contribution in [0.15, 0.2) is 48.8 Å². The zero-order valence-electron chi connectivity index (χ0n) is 15.3. The third kappa shape index (κ3) is 3.18. The minimum Gasteiger partial charge on any atom is -0.345 e. The van der Waals surface area contributed by atoms with Crippen LogP contribution in [0, 0.1) is 11.3 Å². The fourth-order valence-electron chi connectivity index (χ4n) is 4.37. The number of benzene rings is 1. The Labute approximate surface area is 155 Å². The topological polar surface area (TPSA) is 49.3 Å². The number of rotatable bonds is 5. The zero-order chi connectivity index (χ0) is 18.0. The van der Waals surface area contributed by atoms with Crippen LogP contribution in [-0.2, 0) is 11.2 Å². The molecule has 0 bridgehead atoms. The van der Waals surface area contributed by atoms with Gasteiger partial charge in [-0.05, 0) is 30.9 Å². The van der Waals surface area contributed by atoms with Crippen molar-refractivity contribution in [2.75, 3.05) is 31.6 Å². The summed E-state index contributed by atoms with van der Waals surface area (Å²) in [6.45, 7) is 2.40. The molecule has 1 saturated carbocycles. The van der Waals surface area contributed by atoms with Crippen molar-refractivity contribution in [1.82, 2.24) is 14.9 Å². The van der Waals surface area contributed by atoms with Crippen molar-refractivity contribution >= 4 is 11.9 Å². The predicted molar refractivity (Wildman–Crippen MR) is 102 cm³/mol. The van der Waals surface area contributed by atoms with E-state index in [4.69, 9.17) is 0 Å². The molecule has 1 unspecified atom stereocenters. The van der Waals surface area contributed by atoms with Crippen molar-refractivity contribution in [3.8, 4) is 0 Å². The largest absolute Gasteiger partial charge is 0.345 e. The van der Waals surface area contributed by atoms with Crippen LogP contribution in [0.1, 0.15) is 24.8 Å². The third-order valence-corrected chi connectivity index (χ3v) is 6.09. The minimum absolute atomic E-state index is 0.0563. The maximum absolute atomic E-state index is 13.2. The Morgan fingerprint density at radius 1 is 1.19 bits per heavy atom. The van der Waals surface area contributed by atoms with Gasteiger partial charge in [0.2, 0.25) is 11.9 Å². The summed E-state index contributed by atoms with van der Waals surface area (Å²) in [5.41, 5.74) is 1.40. The first kappa shape index (κ1) is 17.0. The number of hydrogen-bond donors (Lipinski definition) is 0. The summed E-state index contributed by atoms with van der Waals surface area (Å²) in [6, 6.07) is 12.2. The standard InChI is InChI=1S/C21H26N4O/c1-24(14-9-17-7-3-2-4-8-17)19(26)18-15-25(16-21(18)10-5-11-21)20-22-12-6-13-23-20/h2-4,6-8,12-13,18H,5,9-11,14-16H2,1H3. The van der Waals surface area contributed by atoms with E-state index in [1.54, 1.807) is 12.4 Å². The molecule has 4 rings (SSSR count). The van der Waals surface area contributed by atoms with Crippen LogP contribution in [-0.4, -0.2) is 47.5 Å². The number of aromatic nitrogens is 2. The number of anilines is 1. The monoisotopic (exact) mass is 350 g/mol. The number of carbonyl (C=O) groups is 1. The van der Waals surface area contributed by atoms with Gasteiger partial charge in [-0.2, -0.15) is 0 Å². The highest BCUT2D eigenvalue weighted by Crippen LogP contribution is 2.52. The molecule has 1 spiro atoms. The molecule has 26 heavy (non-hydrogen) atoms. The van der Waals surface area contributed by atoms with Crippen LogP contribution in [0.2, 0.25) is 0 Å². The predicted octanol–water partition coefficient (Wildman–Crippen LogP) is 2.78. The normalized spacial score (nSPS) is 20.8. The molecular formula is C21H26N4O. The highest BCUT2D eigenvalue weighted by Gasteiger charge is 2.54. The Bertz CT molecular complexity index is 745. The van der Waals surface area contributed by atoms with E-state index in [0.29, 0.717) is 0 Å². The molecule has 1 aliphatic heterocycles. The van der Waals surface area contributed by atoms with Crippen LogP contribution < -0.4 is 4.90 Å². The molecule has 1 aromatic heterocycles. The zero-order valence-corrected chi connectivity index (χ0v) is 15.3. The lowest BCUT2D eigenvalue weighted by Gasteiger charge is -2.42. The second kappa shape index (κ2) is 7.06. The minimum atomic E-state index is 0.0563. The number of nitrogens with zero attached hydrogens (tertiary/aromatic N) is 4. The Morgan fingerprint density at radius 3 is 2.58 bits per heavy atom. The van der Waals surface area contributed by atoms with E-state index in [9.17, 15) is 4.79 Å². The molecule has 0 radical (unpaired) electrons. The van der Waals surface area contributed by atoms with Gasteiger partial charge in [0.25, 0.3) is 0 Å². The first-order valence-electron chi connectivity index (χ1n) is 9.49. The van der Waals surface area contributed by atoms with Gasteiger partial charge in [-0.1, -0.05) is 36.8 Å². The molecule has 1 aliphatic carbocycles. The maximum Gasteiger partial charge on any atom is 0.227 e. The summed E-state index contributed by atoms with van der Waals surface area (Å²) in [6.07, 6.45) is 7.95. The highest BCUT2D eigenvalue weighted by molar-refractivity contribution is 5.81.